The van der Waals surface area contributed by atoms with Crippen molar-refractivity contribution in [3.05, 3.63) is 120 Å². The molecule has 174 valence electrons. The zero-order chi connectivity index (χ0) is 24.5. The number of para-hydroxylation sites is 1. The number of carbonyl (C=O) groups excluding carboxylic acids is 2. The Morgan fingerprint density at radius 2 is 1.53 bits per heavy atom. The van der Waals surface area contributed by atoms with Crippen molar-refractivity contribution in [3.8, 4) is 11.3 Å². The number of anilines is 1. The molecule has 0 radical (unpaired) electrons. The number of fused-ring (bicyclic) bond motifs is 2. The van der Waals surface area contributed by atoms with Gasteiger partial charge in [-0.15, -0.1) is 0 Å². The number of carbonyl (C=O) groups is 2. The first kappa shape index (κ1) is 21.4. The van der Waals surface area contributed by atoms with Gasteiger partial charge in [0.25, 0.3) is 11.8 Å². The van der Waals surface area contributed by atoms with E-state index >= 15 is 0 Å². The highest BCUT2D eigenvalue weighted by atomic mass is 16.2. The van der Waals surface area contributed by atoms with Crippen molar-refractivity contribution in [1.29, 1.82) is 0 Å². The molecule has 36 heavy (non-hydrogen) atoms. The first-order valence-corrected chi connectivity index (χ1v) is 11.4. The van der Waals surface area contributed by atoms with E-state index in [1.807, 2.05) is 84.9 Å². The van der Waals surface area contributed by atoms with Crippen molar-refractivity contribution >= 4 is 28.9 Å². The molecular weight excluding hydrogens is 452 g/mol. The van der Waals surface area contributed by atoms with Crippen LogP contribution in [-0.2, 0) is 4.79 Å². The van der Waals surface area contributed by atoms with Gasteiger partial charge in [0.2, 0.25) is 6.17 Å². The molecule has 1 aliphatic rings. The van der Waals surface area contributed by atoms with Crippen molar-refractivity contribution in [2.24, 2.45) is 4.99 Å². The van der Waals surface area contributed by atoms with Crippen LogP contribution in [0, 0.1) is 0 Å². The average Bonchev–Trinajstić information content (AvgIpc) is 3.26. The third-order valence-corrected chi connectivity index (χ3v) is 5.92. The number of rotatable bonds is 4. The van der Waals surface area contributed by atoms with E-state index < -0.39 is 18.0 Å². The Kier molecular flexibility index (Phi) is 5.31. The maximum atomic E-state index is 13.7. The number of nitrogens with zero attached hydrogens (tertiary/aromatic N) is 4. The molecule has 1 aliphatic heterocycles. The highest BCUT2D eigenvalue weighted by molar-refractivity contribution is 6.20. The first-order chi connectivity index (χ1) is 17.7. The Labute approximate surface area is 206 Å². The van der Waals surface area contributed by atoms with Gasteiger partial charge in [0.1, 0.15) is 5.69 Å². The highest BCUT2D eigenvalue weighted by Gasteiger charge is 2.30. The number of amides is 2. The SMILES string of the molecule is O=C(N[C@H]1N=C(c2ccccc2)c2ccccc2NC1=O)c1c(-c2ccccc2)nc2cccnn12. The van der Waals surface area contributed by atoms with Crippen molar-refractivity contribution in [3.63, 3.8) is 0 Å². The Morgan fingerprint density at radius 1 is 0.833 bits per heavy atom. The summed E-state index contributed by atoms with van der Waals surface area (Å²) in [5.74, 6) is -0.952. The van der Waals surface area contributed by atoms with Crippen LogP contribution in [0.5, 0.6) is 0 Å². The summed E-state index contributed by atoms with van der Waals surface area (Å²) in [5.41, 5.74) is 4.82. The molecule has 3 aromatic carbocycles. The third-order valence-electron chi connectivity index (χ3n) is 5.92. The summed E-state index contributed by atoms with van der Waals surface area (Å²) in [7, 11) is 0. The molecule has 0 saturated heterocycles. The van der Waals surface area contributed by atoms with Crippen molar-refractivity contribution < 1.29 is 9.59 Å². The van der Waals surface area contributed by atoms with Crippen molar-refractivity contribution in [2.45, 2.75) is 6.17 Å². The number of benzodiazepines with no additional fused rings is 1. The van der Waals surface area contributed by atoms with Gasteiger partial charge in [-0.25, -0.2) is 14.5 Å². The molecule has 8 heteroatoms. The number of hydrogen-bond donors (Lipinski definition) is 2. The van der Waals surface area contributed by atoms with Crippen molar-refractivity contribution in [1.82, 2.24) is 19.9 Å². The van der Waals surface area contributed by atoms with E-state index in [0.29, 0.717) is 22.7 Å². The standard InChI is InChI=1S/C28H20N6O2/c35-27(25-24(19-12-5-2-6-13-19)31-22-16-9-17-29-34(22)25)33-26-28(36)30-21-15-8-7-14-20(21)23(32-26)18-10-3-1-4-11-18/h1-17,26H,(H,30,36)(H,33,35)/t26-/m1/s1. The molecule has 0 saturated carbocycles. The van der Waals surface area contributed by atoms with Crippen LogP contribution >= 0.6 is 0 Å². The zero-order valence-corrected chi connectivity index (χ0v) is 19.0. The van der Waals surface area contributed by atoms with Crippen molar-refractivity contribution in [2.75, 3.05) is 5.32 Å². The summed E-state index contributed by atoms with van der Waals surface area (Å²) >= 11 is 0. The molecule has 0 spiro atoms. The van der Waals surface area contributed by atoms with Gasteiger partial charge < -0.3 is 10.6 Å². The molecule has 3 heterocycles. The molecular formula is C28H20N6O2. The van der Waals surface area contributed by atoms with Gasteiger partial charge in [-0.3, -0.25) is 9.59 Å². The van der Waals surface area contributed by atoms with E-state index in [4.69, 9.17) is 4.99 Å². The summed E-state index contributed by atoms with van der Waals surface area (Å²) in [5, 5.41) is 10.0. The van der Waals surface area contributed by atoms with E-state index in [0.717, 1.165) is 16.7 Å². The molecule has 0 unspecified atom stereocenters. The highest BCUT2D eigenvalue weighted by Crippen LogP contribution is 2.26. The molecule has 6 rings (SSSR count). The van der Waals surface area contributed by atoms with Crippen LogP contribution in [0.15, 0.2) is 108 Å². The Morgan fingerprint density at radius 3 is 2.31 bits per heavy atom. The lowest BCUT2D eigenvalue weighted by Crippen LogP contribution is -2.43. The van der Waals surface area contributed by atoms with E-state index in [2.05, 4.69) is 20.7 Å². The molecule has 2 amide bonds. The molecule has 5 aromatic rings. The van der Waals surface area contributed by atoms with E-state index in [9.17, 15) is 9.59 Å². The Bertz CT molecular complexity index is 1630. The van der Waals surface area contributed by atoms with Crippen LogP contribution in [0.3, 0.4) is 0 Å². The second kappa shape index (κ2) is 8.92. The fourth-order valence-electron chi connectivity index (χ4n) is 4.26. The van der Waals surface area contributed by atoms with E-state index in [-0.39, 0.29) is 5.69 Å². The number of nitrogens with one attached hydrogen (secondary N) is 2. The fraction of sp³-hybridized carbons (Fsp3) is 0.0357. The molecule has 1 atom stereocenters. The van der Waals surface area contributed by atoms with Crippen LogP contribution in [0.1, 0.15) is 21.6 Å². The summed E-state index contributed by atoms with van der Waals surface area (Å²) in [6.07, 6.45) is 0.416. The number of aliphatic imine (C=N–C) groups is 1. The summed E-state index contributed by atoms with van der Waals surface area (Å²) in [6.45, 7) is 0. The van der Waals surface area contributed by atoms with Gasteiger partial charge in [-0.05, 0) is 18.2 Å². The van der Waals surface area contributed by atoms with Crippen LogP contribution in [0.25, 0.3) is 16.9 Å². The molecule has 0 aliphatic carbocycles. The van der Waals surface area contributed by atoms with E-state index in [1.54, 1.807) is 18.3 Å². The Hall–Kier alpha value is -5.11. The minimum atomic E-state index is -1.17. The summed E-state index contributed by atoms with van der Waals surface area (Å²) in [4.78, 5) is 36.3. The number of benzene rings is 3. The lowest BCUT2D eigenvalue weighted by Gasteiger charge is -2.14. The van der Waals surface area contributed by atoms with Crippen LogP contribution < -0.4 is 10.6 Å². The molecule has 2 N–H and O–H groups in total. The minimum Gasteiger partial charge on any atom is -0.322 e. The lowest BCUT2D eigenvalue weighted by molar-refractivity contribution is -0.117. The predicted octanol–water partition coefficient (Wildman–Crippen LogP) is 3.94. The smallest absolute Gasteiger partial charge is 0.274 e. The maximum absolute atomic E-state index is 13.7. The molecule has 0 bridgehead atoms. The second-order valence-corrected chi connectivity index (χ2v) is 8.22. The monoisotopic (exact) mass is 472 g/mol. The summed E-state index contributed by atoms with van der Waals surface area (Å²) in [6, 6.07) is 29.9. The molecule has 8 nitrogen and oxygen atoms in total. The Balaban J connectivity index is 1.44. The predicted molar refractivity (Wildman–Crippen MR) is 137 cm³/mol. The van der Waals surface area contributed by atoms with Crippen LogP contribution in [0.4, 0.5) is 5.69 Å². The van der Waals surface area contributed by atoms with Gasteiger partial charge in [0.05, 0.1) is 11.4 Å². The number of aromatic nitrogens is 3. The molecule has 0 fully saturated rings. The topological polar surface area (TPSA) is 101 Å². The van der Waals surface area contributed by atoms with Gasteiger partial charge in [-0.2, -0.15) is 5.10 Å². The molecule has 2 aromatic heterocycles. The van der Waals surface area contributed by atoms with E-state index in [1.165, 1.54) is 4.52 Å². The van der Waals surface area contributed by atoms with Gasteiger partial charge in [0, 0.05) is 22.9 Å². The summed E-state index contributed by atoms with van der Waals surface area (Å²) < 4.78 is 1.48. The number of imidazole rings is 1. The quantitative estimate of drug-likeness (QED) is 0.414. The maximum Gasteiger partial charge on any atom is 0.274 e. The normalized spacial score (nSPS) is 14.9. The minimum absolute atomic E-state index is 0.225. The van der Waals surface area contributed by atoms with Gasteiger partial charge in [-0.1, -0.05) is 78.9 Å². The third kappa shape index (κ3) is 3.80. The van der Waals surface area contributed by atoms with Gasteiger partial charge in [0.15, 0.2) is 11.3 Å². The van der Waals surface area contributed by atoms with Crippen LogP contribution in [-0.4, -0.2) is 38.3 Å². The average molecular weight is 473 g/mol. The fourth-order valence-corrected chi connectivity index (χ4v) is 4.26. The van der Waals surface area contributed by atoms with Crippen LogP contribution in [0.2, 0.25) is 0 Å². The second-order valence-electron chi connectivity index (χ2n) is 8.22. The first-order valence-electron chi connectivity index (χ1n) is 11.4. The zero-order valence-electron chi connectivity index (χ0n) is 19.0. The largest absolute Gasteiger partial charge is 0.322 e. The lowest BCUT2D eigenvalue weighted by atomic mass is 10.0. The number of hydrogen-bond acceptors (Lipinski definition) is 5. The van der Waals surface area contributed by atoms with Gasteiger partial charge >= 0.3 is 0 Å².